The maximum atomic E-state index is 11.3. The summed E-state index contributed by atoms with van der Waals surface area (Å²) in [6.07, 6.45) is 0. The van der Waals surface area contributed by atoms with E-state index in [0.717, 1.165) is 11.1 Å². The summed E-state index contributed by atoms with van der Waals surface area (Å²) >= 11 is 4.57. The third-order valence-electron chi connectivity index (χ3n) is 3.01. The Morgan fingerprint density at radius 2 is 2.19 bits per heavy atom. The molecule has 0 bridgehead atoms. The number of thiol groups is 1. The zero-order valence-corrected chi connectivity index (χ0v) is 9.66. The fraction of sp³-hybridized carbons (Fsp3) is 0.364. The molecular weight excluding hydrogens is 226 g/mol. The van der Waals surface area contributed by atoms with E-state index in [1.54, 1.807) is 7.05 Å². The molecule has 0 unspecified atom stereocenters. The Kier molecular flexibility index (Phi) is 1.96. The largest absolute Gasteiger partial charge is 0.419 e. The molecule has 84 valence electrons. The monoisotopic (exact) mass is 237 g/mol. The summed E-state index contributed by atoms with van der Waals surface area (Å²) in [6.45, 7) is 1.19. The molecule has 0 aliphatic carbocycles. The first-order valence-corrected chi connectivity index (χ1v) is 5.45. The second kappa shape index (κ2) is 3.15. The van der Waals surface area contributed by atoms with Crippen LogP contribution >= 0.6 is 12.6 Å². The standard InChI is InChI=1S/C11H11NO3S/c1-12-8-3-2-7(11(16)5-14-6-11)4-9(8)15-10(12)13/h2-4,16H,5-6H2,1H3. The number of hydrogen-bond donors (Lipinski definition) is 1. The number of hydrogen-bond acceptors (Lipinski definition) is 4. The Bertz CT molecular complexity index is 609. The number of rotatable bonds is 1. The SMILES string of the molecule is Cn1c(=O)oc2cc(C3(S)COC3)ccc21. The van der Waals surface area contributed by atoms with Crippen LogP contribution in [0.3, 0.4) is 0 Å². The summed E-state index contributed by atoms with van der Waals surface area (Å²) in [6, 6.07) is 5.71. The van der Waals surface area contributed by atoms with E-state index in [2.05, 4.69) is 12.6 Å². The van der Waals surface area contributed by atoms with Crippen molar-refractivity contribution < 1.29 is 9.15 Å². The molecule has 2 aromatic rings. The maximum Gasteiger partial charge on any atom is 0.419 e. The summed E-state index contributed by atoms with van der Waals surface area (Å²) < 4.78 is 11.5. The van der Waals surface area contributed by atoms with Gasteiger partial charge in [-0.15, -0.1) is 0 Å². The second-order valence-corrected chi connectivity index (χ2v) is 4.99. The Morgan fingerprint density at radius 3 is 2.81 bits per heavy atom. The molecule has 16 heavy (non-hydrogen) atoms. The Labute approximate surface area is 97.2 Å². The summed E-state index contributed by atoms with van der Waals surface area (Å²) in [4.78, 5) is 11.3. The van der Waals surface area contributed by atoms with Crippen molar-refractivity contribution in [2.75, 3.05) is 13.2 Å². The van der Waals surface area contributed by atoms with E-state index in [-0.39, 0.29) is 10.5 Å². The smallest absolute Gasteiger partial charge is 0.408 e. The third-order valence-corrected chi connectivity index (χ3v) is 3.53. The lowest BCUT2D eigenvalue weighted by Gasteiger charge is -2.37. The van der Waals surface area contributed by atoms with Gasteiger partial charge in [0.1, 0.15) is 0 Å². The van der Waals surface area contributed by atoms with Crippen LogP contribution in [0.2, 0.25) is 0 Å². The van der Waals surface area contributed by atoms with Crippen molar-refractivity contribution in [3.8, 4) is 0 Å². The summed E-state index contributed by atoms with van der Waals surface area (Å²) in [5, 5.41) is 0. The van der Waals surface area contributed by atoms with Crippen LogP contribution in [0.5, 0.6) is 0 Å². The molecule has 4 nitrogen and oxygen atoms in total. The van der Waals surface area contributed by atoms with Gasteiger partial charge < -0.3 is 9.15 Å². The van der Waals surface area contributed by atoms with Gasteiger partial charge in [0, 0.05) is 7.05 Å². The van der Waals surface area contributed by atoms with Gasteiger partial charge in [0.25, 0.3) is 0 Å². The molecule has 1 fully saturated rings. The lowest BCUT2D eigenvalue weighted by atomic mass is 9.96. The van der Waals surface area contributed by atoms with E-state index in [1.165, 1.54) is 4.57 Å². The minimum Gasteiger partial charge on any atom is -0.408 e. The molecule has 1 aromatic carbocycles. The molecule has 1 aromatic heterocycles. The van der Waals surface area contributed by atoms with Crippen molar-refractivity contribution in [1.29, 1.82) is 0 Å². The number of aryl methyl sites for hydroxylation is 1. The van der Waals surface area contributed by atoms with Gasteiger partial charge in [-0.2, -0.15) is 12.6 Å². The van der Waals surface area contributed by atoms with Gasteiger partial charge >= 0.3 is 5.76 Å². The van der Waals surface area contributed by atoms with Gasteiger partial charge in [-0.3, -0.25) is 4.57 Å². The van der Waals surface area contributed by atoms with Gasteiger partial charge in [0.15, 0.2) is 5.58 Å². The second-order valence-electron chi connectivity index (χ2n) is 4.13. The highest BCUT2D eigenvalue weighted by molar-refractivity contribution is 7.81. The van der Waals surface area contributed by atoms with Gasteiger partial charge in [-0.1, -0.05) is 6.07 Å². The van der Waals surface area contributed by atoms with Crippen LogP contribution in [0.15, 0.2) is 27.4 Å². The molecule has 0 saturated carbocycles. The Morgan fingerprint density at radius 1 is 1.44 bits per heavy atom. The first kappa shape index (κ1) is 9.99. The van der Waals surface area contributed by atoms with Gasteiger partial charge in [0.2, 0.25) is 0 Å². The minimum atomic E-state index is -0.342. The molecule has 0 N–H and O–H groups in total. The predicted molar refractivity (Wildman–Crippen MR) is 62.9 cm³/mol. The van der Waals surface area contributed by atoms with E-state index in [9.17, 15) is 4.79 Å². The molecule has 1 saturated heterocycles. The molecular formula is C11H11NO3S. The summed E-state index contributed by atoms with van der Waals surface area (Å²) in [5.74, 6) is -0.342. The van der Waals surface area contributed by atoms with Crippen LogP contribution in [0, 0.1) is 0 Å². The molecule has 3 rings (SSSR count). The van der Waals surface area contributed by atoms with Crippen LogP contribution in [-0.4, -0.2) is 17.8 Å². The van der Waals surface area contributed by atoms with E-state index in [4.69, 9.17) is 9.15 Å². The molecule has 1 aliphatic heterocycles. The average Bonchev–Trinajstić information content (AvgIpc) is 2.51. The molecule has 0 atom stereocenters. The Hall–Kier alpha value is -1.20. The van der Waals surface area contributed by atoms with Crippen molar-refractivity contribution >= 4 is 23.7 Å². The van der Waals surface area contributed by atoms with Crippen LogP contribution in [0.25, 0.3) is 11.1 Å². The number of fused-ring (bicyclic) bond motifs is 1. The average molecular weight is 237 g/mol. The first-order chi connectivity index (χ1) is 7.60. The van der Waals surface area contributed by atoms with Gasteiger partial charge in [-0.05, 0) is 17.7 Å². The van der Waals surface area contributed by atoms with E-state index < -0.39 is 0 Å². The third kappa shape index (κ3) is 1.25. The molecule has 0 amide bonds. The topological polar surface area (TPSA) is 44.4 Å². The van der Waals surface area contributed by atoms with E-state index >= 15 is 0 Å². The highest BCUT2D eigenvalue weighted by Gasteiger charge is 2.36. The number of nitrogens with zero attached hydrogens (tertiary/aromatic N) is 1. The van der Waals surface area contributed by atoms with Crippen LogP contribution < -0.4 is 5.76 Å². The fourth-order valence-electron chi connectivity index (χ4n) is 1.89. The lowest BCUT2D eigenvalue weighted by Crippen LogP contribution is -2.41. The molecule has 2 heterocycles. The summed E-state index contributed by atoms with van der Waals surface area (Å²) in [5.41, 5.74) is 2.43. The highest BCUT2D eigenvalue weighted by Crippen LogP contribution is 2.37. The number of aromatic nitrogens is 1. The number of ether oxygens (including phenoxy) is 1. The minimum absolute atomic E-state index is 0.234. The number of benzene rings is 1. The zero-order chi connectivity index (χ0) is 11.3. The van der Waals surface area contributed by atoms with Crippen molar-refractivity contribution in [2.45, 2.75) is 4.75 Å². The zero-order valence-electron chi connectivity index (χ0n) is 8.77. The van der Waals surface area contributed by atoms with Crippen molar-refractivity contribution in [1.82, 2.24) is 4.57 Å². The maximum absolute atomic E-state index is 11.3. The van der Waals surface area contributed by atoms with E-state index in [1.807, 2.05) is 18.2 Å². The van der Waals surface area contributed by atoms with Crippen LogP contribution in [0.4, 0.5) is 0 Å². The highest BCUT2D eigenvalue weighted by atomic mass is 32.1. The molecule has 0 radical (unpaired) electrons. The Balaban J connectivity index is 2.20. The summed E-state index contributed by atoms with van der Waals surface area (Å²) in [7, 11) is 1.69. The first-order valence-electron chi connectivity index (χ1n) is 5.00. The van der Waals surface area contributed by atoms with Gasteiger partial charge in [-0.25, -0.2) is 4.79 Å². The predicted octanol–water partition coefficient (Wildman–Crippen LogP) is 1.29. The van der Waals surface area contributed by atoms with Gasteiger partial charge in [0.05, 0.1) is 23.5 Å². The fourth-order valence-corrected chi connectivity index (χ4v) is 2.21. The molecule has 1 aliphatic rings. The molecule has 5 heteroatoms. The molecule has 0 spiro atoms. The quantitative estimate of drug-likeness (QED) is 0.760. The van der Waals surface area contributed by atoms with Crippen LogP contribution in [0.1, 0.15) is 5.56 Å². The van der Waals surface area contributed by atoms with E-state index in [0.29, 0.717) is 18.8 Å². The van der Waals surface area contributed by atoms with Crippen LogP contribution in [-0.2, 0) is 16.5 Å². The van der Waals surface area contributed by atoms with Crippen molar-refractivity contribution in [2.24, 2.45) is 7.05 Å². The number of oxazole rings is 1. The van der Waals surface area contributed by atoms with Crippen molar-refractivity contribution in [3.05, 3.63) is 34.3 Å². The lowest BCUT2D eigenvalue weighted by molar-refractivity contribution is -0.00966. The normalized spacial score (nSPS) is 18.6. The van der Waals surface area contributed by atoms with Crippen molar-refractivity contribution in [3.63, 3.8) is 0 Å².